The first kappa shape index (κ1) is 12.5. The second-order valence-electron chi connectivity index (χ2n) is 4.16. The number of carbonyl (C=O) groups is 2. The van der Waals surface area contributed by atoms with Crippen LogP contribution in [0.5, 0.6) is 0 Å². The van der Waals surface area contributed by atoms with Gasteiger partial charge < -0.3 is 14.7 Å². The van der Waals surface area contributed by atoms with Crippen molar-refractivity contribution in [3.63, 3.8) is 0 Å². The summed E-state index contributed by atoms with van der Waals surface area (Å²) in [7, 11) is 0. The van der Waals surface area contributed by atoms with Gasteiger partial charge in [0.15, 0.2) is 5.71 Å². The molecule has 16 heavy (non-hydrogen) atoms. The second-order valence-corrected chi connectivity index (χ2v) is 4.16. The van der Waals surface area contributed by atoms with Crippen molar-refractivity contribution in [1.82, 2.24) is 0 Å². The SMILES string of the molecule is CCOC(=O)/C(=N/O)[C@@H]1[C@H](OC=O)C1(C)C. The Balaban J connectivity index is 2.77. The Morgan fingerprint density at radius 3 is 2.62 bits per heavy atom. The van der Waals surface area contributed by atoms with E-state index in [9.17, 15) is 9.59 Å². The summed E-state index contributed by atoms with van der Waals surface area (Å²) in [5, 5.41) is 11.7. The van der Waals surface area contributed by atoms with E-state index in [1.807, 2.05) is 13.8 Å². The fourth-order valence-corrected chi connectivity index (χ4v) is 1.84. The van der Waals surface area contributed by atoms with Crippen molar-refractivity contribution >= 4 is 18.2 Å². The molecule has 0 aromatic rings. The molecule has 0 saturated heterocycles. The zero-order valence-corrected chi connectivity index (χ0v) is 9.47. The zero-order chi connectivity index (χ0) is 12.3. The van der Waals surface area contributed by atoms with Gasteiger partial charge in [-0.25, -0.2) is 4.79 Å². The predicted molar refractivity (Wildman–Crippen MR) is 54.1 cm³/mol. The molecule has 90 valence electrons. The van der Waals surface area contributed by atoms with Gasteiger partial charge in [-0.3, -0.25) is 4.79 Å². The van der Waals surface area contributed by atoms with Gasteiger partial charge in [0.2, 0.25) is 0 Å². The molecule has 0 aliphatic heterocycles. The predicted octanol–water partition coefficient (Wildman–Crippen LogP) is 0.577. The highest BCUT2D eigenvalue weighted by molar-refractivity contribution is 6.38. The zero-order valence-electron chi connectivity index (χ0n) is 9.47. The highest BCUT2D eigenvalue weighted by atomic mass is 16.5. The number of rotatable bonds is 5. The second kappa shape index (κ2) is 4.51. The molecule has 1 fully saturated rings. The molecule has 6 heteroatoms. The minimum atomic E-state index is -0.680. The van der Waals surface area contributed by atoms with Crippen molar-refractivity contribution in [3.8, 4) is 0 Å². The van der Waals surface area contributed by atoms with Gasteiger partial charge in [-0.1, -0.05) is 19.0 Å². The molecule has 2 atom stereocenters. The lowest BCUT2D eigenvalue weighted by atomic mass is 10.1. The van der Waals surface area contributed by atoms with Crippen LogP contribution >= 0.6 is 0 Å². The largest absolute Gasteiger partial charge is 0.463 e. The minimum Gasteiger partial charge on any atom is -0.463 e. The Kier molecular flexibility index (Phi) is 3.51. The molecule has 0 aromatic heterocycles. The summed E-state index contributed by atoms with van der Waals surface area (Å²) in [6.07, 6.45) is -0.444. The summed E-state index contributed by atoms with van der Waals surface area (Å²) in [4.78, 5) is 21.7. The highest BCUT2D eigenvalue weighted by Gasteiger charge is 2.64. The van der Waals surface area contributed by atoms with Crippen LogP contribution < -0.4 is 0 Å². The first-order chi connectivity index (χ1) is 7.50. The molecular weight excluding hydrogens is 214 g/mol. The standard InChI is InChI=1S/C10H15NO5/c1-4-15-9(13)7(11-14)6-8(16-5-12)10(6,2)3/h5-6,8,14H,4H2,1-3H3/b11-7+/t6-,8+/m1/s1. The molecule has 0 heterocycles. The Labute approximate surface area is 93.2 Å². The molecule has 0 spiro atoms. The molecule has 0 aromatic carbocycles. The summed E-state index contributed by atoms with van der Waals surface area (Å²) < 4.78 is 9.55. The van der Waals surface area contributed by atoms with Crippen molar-refractivity contribution in [3.05, 3.63) is 0 Å². The van der Waals surface area contributed by atoms with E-state index in [1.165, 1.54) is 0 Å². The summed E-state index contributed by atoms with van der Waals surface area (Å²) in [6.45, 7) is 5.81. The van der Waals surface area contributed by atoms with E-state index >= 15 is 0 Å². The maximum atomic E-state index is 11.4. The topological polar surface area (TPSA) is 85.2 Å². The third-order valence-electron chi connectivity index (χ3n) is 2.82. The minimum absolute atomic E-state index is 0.0984. The molecule has 0 unspecified atom stereocenters. The van der Waals surface area contributed by atoms with E-state index in [-0.39, 0.29) is 12.3 Å². The number of nitrogens with zero attached hydrogens (tertiary/aromatic N) is 1. The summed E-state index contributed by atoms with van der Waals surface area (Å²) >= 11 is 0. The van der Waals surface area contributed by atoms with Gasteiger partial charge in [0, 0.05) is 5.41 Å². The van der Waals surface area contributed by atoms with E-state index in [0.29, 0.717) is 6.47 Å². The van der Waals surface area contributed by atoms with Gasteiger partial charge in [0.25, 0.3) is 6.47 Å². The van der Waals surface area contributed by atoms with Crippen LogP contribution in [-0.2, 0) is 19.1 Å². The van der Waals surface area contributed by atoms with E-state index in [0.717, 1.165) is 0 Å². The number of esters is 1. The third kappa shape index (κ3) is 2.00. The van der Waals surface area contributed by atoms with E-state index in [1.54, 1.807) is 6.92 Å². The quantitative estimate of drug-likeness (QED) is 0.245. The maximum absolute atomic E-state index is 11.4. The van der Waals surface area contributed by atoms with Crippen LogP contribution in [-0.4, -0.2) is 36.1 Å². The smallest absolute Gasteiger partial charge is 0.356 e. The number of hydrogen-bond donors (Lipinski definition) is 1. The number of oxime groups is 1. The van der Waals surface area contributed by atoms with Crippen LogP contribution in [0.25, 0.3) is 0 Å². The normalized spacial score (nSPS) is 27.1. The number of ether oxygens (including phenoxy) is 2. The molecule has 6 nitrogen and oxygen atoms in total. The summed E-state index contributed by atoms with van der Waals surface area (Å²) in [5.41, 5.74) is -0.506. The number of carbonyl (C=O) groups excluding carboxylic acids is 2. The van der Waals surface area contributed by atoms with Crippen LogP contribution in [0.3, 0.4) is 0 Å². The van der Waals surface area contributed by atoms with Crippen molar-refractivity contribution < 1.29 is 24.3 Å². The van der Waals surface area contributed by atoms with Crippen LogP contribution in [0.4, 0.5) is 0 Å². The van der Waals surface area contributed by atoms with Crippen LogP contribution in [0.15, 0.2) is 5.16 Å². The Hall–Kier alpha value is -1.59. The molecule has 0 bridgehead atoms. The van der Waals surface area contributed by atoms with Gasteiger partial charge in [-0.2, -0.15) is 0 Å². The molecule has 0 radical (unpaired) electrons. The van der Waals surface area contributed by atoms with Gasteiger partial charge in [-0.15, -0.1) is 0 Å². The molecule has 1 saturated carbocycles. The van der Waals surface area contributed by atoms with Gasteiger partial charge >= 0.3 is 5.97 Å². The fourth-order valence-electron chi connectivity index (χ4n) is 1.84. The lowest BCUT2D eigenvalue weighted by molar-refractivity contribution is -0.136. The Morgan fingerprint density at radius 2 is 2.19 bits per heavy atom. The lowest BCUT2D eigenvalue weighted by Crippen LogP contribution is -2.22. The number of hydrogen-bond acceptors (Lipinski definition) is 6. The third-order valence-corrected chi connectivity index (χ3v) is 2.82. The van der Waals surface area contributed by atoms with Gasteiger partial charge in [-0.05, 0) is 6.92 Å². The van der Waals surface area contributed by atoms with E-state index in [4.69, 9.17) is 14.7 Å². The van der Waals surface area contributed by atoms with Crippen molar-refractivity contribution in [2.24, 2.45) is 16.5 Å². The van der Waals surface area contributed by atoms with Crippen LogP contribution in [0.1, 0.15) is 20.8 Å². The first-order valence-corrected chi connectivity index (χ1v) is 4.98. The average molecular weight is 229 g/mol. The van der Waals surface area contributed by atoms with Gasteiger partial charge in [0.05, 0.1) is 12.5 Å². The Bertz CT molecular complexity index is 323. The van der Waals surface area contributed by atoms with Crippen molar-refractivity contribution in [2.45, 2.75) is 26.9 Å². The molecule has 0 amide bonds. The van der Waals surface area contributed by atoms with Gasteiger partial charge in [0.1, 0.15) is 6.10 Å². The van der Waals surface area contributed by atoms with Crippen molar-refractivity contribution in [1.29, 1.82) is 0 Å². The van der Waals surface area contributed by atoms with Crippen LogP contribution in [0, 0.1) is 11.3 Å². The maximum Gasteiger partial charge on any atom is 0.356 e. The fraction of sp³-hybridized carbons (Fsp3) is 0.700. The lowest BCUT2D eigenvalue weighted by Gasteiger charge is -2.03. The summed E-state index contributed by atoms with van der Waals surface area (Å²) in [5.74, 6) is -1.10. The highest BCUT2D eigenvalue weighted by Crippen LogP contribution is 2.54. The van der Waals surface area contributed by atoms with E-state index in [2.05, 4.69) is 5.16 Å². The first-order valence-electron chi connectivity index (χ1n) is 4.98. The summed E-state index contributed by atoms with van der Waals surface area (Å²) in [6, 6.07) is 0. The van der Waals surface area contributed by atoms with Crippen LogP contribution in [0.2, 0.25) is 0 Å². The molecule has 1 rings (SSSR count). The van der Waals surface area contributed by atoms with E-state index < -0.39 is 23.4 Å². The molecular formula is C10H15NO5. The molecule has 1 aliphatic rings. The monoisotopic (exact) mass is 229 g/mol. The molecule has 1 N–H and O–H groups in total. The van der Waals surface area contributed by atoms with Crippen molar-refractivity contribution in [2.75, 3.05) is 6.61 Å². The molecule has 1 aliphatic carbocycles. The Morgan fingerprint density at radius 1 is 1.56 bits per heavy atom. The average Bonchev–Trinajstić information content (AvgIpc) is 2.72.